The molecule has 0 amide bonds. The van der Waals surface area contributed by atoms with Gasteiger partial charge in [-0.2, -0.15) is 0 Å². The quantitative estimate of drug-likeness (QED) is 0.225. The summed E-state index contributed by atoms with van der Waals surface area (Å²) < 4.78 is 0. The first-order chi connectivity index (χ1) is 7.35. The Morgan fingerprint density at radius 3 is 2.07 bits per heavy atom. The van der Waals surface area contributed by atoms with Gasteiger partial charge in [0.1, 0.15) is 0 Å². The lowest BCUT2D eigenvalue weighted by atomic mass is 10.1. The molecule has 0 aromatic carbocycles. The second-order valence-electron chi connectivity index (χ2n) is 4.04. The second kappa shape index (κ2) is 11.3. The summed E-state index contributed by atoms with van der Waals surface area (Å²) in [6.07, 6.45) is 12.1. The molecule has 0 aliphatic carbocycles. The fourth-order valence-electron chi connectivity index (χ4n) is 1.64. The van der Waals surface area contributed by atoms with E-state index in [-0.39, 0.29) is 0 Å². The van der Waals surface area contributed by atoms with E-state index in [0.29, 0.717) is 0 Å². The summed E-state index contributed by atoms with van der Waals surface area (Å²) in [5.41, 5.74) is 3.39. The van der Waals surface area contributed by atoms with Gasteiger partial charge in [0.25, 0.3) is 0 Å². The van der Waals surface area contributed by atoms with E-state index in [2.05, 4.69) is 19.2 Å². The van der Waals surface area contributed by atoms with Gasteiger partial charge in [0.15, 0.2) is 6.29 Å². The molecule has 0 saturated heterocycles. The Labute approximate surface area is 94.3 Å². The molecule has 15 heavy (non-hydrogen) atoms. The number of allylic oxidation sites excluding steroid dienone is 1. The molecule has 0 bridgehead atoms. The van der Waals surface area contributed by atoms with Crippen molar-refractivity contribution in [2.75, 3.05) is 0 Å². The van der Waals surface area contributed by atoms with Crippen molar-refractivity contribution in [1.82, 2.24) is 0 Å². The first-order valence-electron chi connectivity index (χ1n) is 6.19. The normalized spacial score (nSPS) is 9.67. The lowest BCUT2D eigenvalue weighted by Gasteiger charge is -2.00. The van der Waals surface area contributed by atoms with Gasteiger partial charge < -0.3 is 0 Å². The summed E-state index contributed by atoms with van der Waals surface area (Å²) in [4.78, 5) is 10.4. The molecule has 1 heteroatoms. The van der Waals surface area contributed by atoms with Crippen LogP contribution in [0.4, 0.5) is 0 Å². The number of carbonyl (C=O) groups is 1. The van der Waals surface area contributed by atoms with Crippen LogP contribution in [0.5, 0.6) is 0 Å². The van der Waals surface area contributed by atoms with Crippen molar-refractivity contribution in [2.24, 2.45) is 0 Å². The summed E-state index contributed by atoms with van der Waals surface area (Å²) in [6, 6.07) is 0. The monoisotopic (exact) mass is 208 g/mol. The van der Waals surface area contributed by atoms with Gasteiger partial charge in [0.2, 0.25) is 0 Å². The Balaban J connectivity index is 3.18. The van der Waals surface area contributed by atoms with Crippen LogP contribution < -0.4 is 0 Å². The Bertz CT molecular complexity index is 199. The van der Waals surface area contributed by atoms with E-state index in [4.69, 9.17) is 0 Å². The fraction of sp³-hybridized carbons (Fsp3) is 0.714. The van der Waals surface area contributed by atoms with E-state index < -0.39 is 0 Å². The second-order valence-corrected chi connectivity index (χ2v) is 4.04. The Morgan fingerprint density at radius 2 is 1.60 bits per heavy atom. The minimum atomic E-state index is 0.723. The molecule has 0 aromatic rings. The van der Waals surface area contributed by atoms with Crippen molar-refractivity contribution >= 4 is 6.29 Å². The van der Waals surface area contributed by atoms with Gasteiger partial charge in [-0.3, -0.25) is 4.79 Å². The number of hydrogen-bond donors (Lipinski definition) is 0. The summed E-state index contributed by atoms with van der Waals surface area (Å²) in [7, 11) is 0. The molecule has 86 valence electrons. The Hall–Kier alpha value is -0.810. The van der Waals surface area contributed by atoms with Crippen LogP contribution in [-0.2, 0) is 4.79 Å². The molecule has 0 spiro atoms. The maximum absolute atomic E-state index is 10.4. The molecule has 0 fully saturated rings. The molecule has 1 nitrogen and oxygen atoms in total. The molecule has 0 saturated carbocycles. The zero-order valence-electron chi connectivity index (χ0n) is 10.1. The maximum atomic E-state index is 10.4. The van der Waals surface area contributed by atoms with Crippen LogP contribution >= 0.6 is 0 Å². The van der Waals surface area contributed by atoms with Gasteiger partial charge in [-0.1, -0.05) is 58.4 Å². The summed E-state index contributed by atoms with van der Waals surface area (Å²) >= 11 is 0. The average molecular weight is 208 g/mol. The van der Waals surface area contributed by atoms with Gasteiger partial charge in [-0.15, -0.1) is 5.73 Å². The first kappa shape index (κ1) is 14.2. The highest BCUT2D eigenvalue weighted by Gasteiger charge is 1.94. The molecular weight excluding hydrogens is 184 g/mol. The predicted octanol–water partition coefficient (Wildman–Crippen LogP) is 4.43. The van der Waals surface area contributed by atoms with Gasteiger partial charge in [0.05, 0.1) is 0 Å². The molecular formula is C14H24O. The van der Waals surface area contributed by atoms with E-state index in [1.54, 1.807) is 0 Å². The number of aldehydes is 1. The smallest absolute Gasteiger partial charge is 0.153 e. The molecule has 0 radical (unpaired) electrons. The molecule has 0 aliphatic rings. The third-order valence-corrected chi connectivity index (χ3v) is 2.67. The lowest BCUT2D eigenvalue weighted by molar-refractivity contribution is -0.105. The third kappa shape index (κ3) is 9.49. The van der Waals surface area contributed by atoms with Crippen molar-refractivity contribution in [3.63, 3.8) is 0 Å². The van der Waals surface area contributed by atoms with E-state index in [9.17, 15) is 4.79 Å². The number of unbranched alkanes of at least 4 members (excludes halogenated alkanes) is 7. The van der Waals surface area contributed by atoms with Crippen molar-refractivity contribution in [3.8, 4) is 0 Å². The summed E-state index contributed by atoms with van der Waals surface area (Å²) in [6.45, 7) is 5.73. The molecule has 0 atom stereocenters. The topological polar surface area (TPSA) is 17.1 Å². The summed E-state index contributed by atoms with van der Waals surface area (Å²) in [5.74, 6) is 0. The van der Waals surface area contributed by atoms with Crippen LogP contribution in [-0.4, -0.2) is 6.29 Å². The van der Waals surface area contributed by atoms with Gasteiger partial charge in [-0.25, -0.2) is 0 Å². The van der Waals surface area contributed by atoms with Crippen molar-refractivity contribution in [1.29, 1.82) is 0 Å². The van der Waals surface area contributed by atoms with Gasteiger partial charge >= 0.3 is 0 Å². The fourth-order valence-corrected chi connectivity index (χ4v) is 1.64. The van der Waals surface area contributed by atoms with Crippen LogP contribution in [0, 0.1) is 0 Å². The SMILES string of the molecule is C=C=C(C=O)CCCCCCCCCC. The zero-order chi connectivity index (χ0) is 11.4. The summed E-state index contributed by atoms with van der Waals surface area (Å²) in [5, 5.41) is 0. The molecule has 0 heterocycles. The molecule has 0 unspecified atom stereocenters. The lowest BCUT2D eigenvalue weighted by Crippen LogP contribution is -1.85. The van der Waals surface area contributed by atoms with Gasteiger partial charge in [0, 0.05) is 5.57 Å². The Morgan fingerprint density at radius 1 is 1.07 bits per heavy atom. The van der Waals surface area contributed by atoms with Crippen molar-refractivity contribution in [2.45, 2.75) is 64.7 Å². The minimum absolute atomic E-state index is 0.723. The van der Waals surface area contributed by atoms with Crippen molar-refractivity contribution in [3.05, 3.63) is 17.9 Å². The number of hydrogen-bond acceptors (Lipinski definition) is 1. The Kier molecular flexibility index (Phi) is 10.7. The maximum Gasteiger partial charge on any atom is 0.153 e. The van der Waals surface area contributed by atoms with Gasteiger partial charge in [-0.05, 0) is 12.8 Å². The first-order valence-corrected chi connectivity index (χ1v) is 6.19. The highest BCUT2D eigenvalue weighted by molar-refractivity contribution is 5.72. The van der Waals surface area contributed by atoms with Crippen LogP contribution in [0.25, 0.3) is 0 Å². The van der Waals surface area contributed by atoms with E-state index in [1.807, 2.05) is 0 Å². The highest BCUT2D eigenvalue weighted by atomic mass is 16.1. The molecule has 0 aromatic heterocycles. The zero-order valence-corrected chi connectivity index (χ0v) is 10.1. The van der Waals surface area contributed by atoms with Crippen LogP contribution in [0.3, 0.4) is 0 Å². The van der Waals surface area contributed by atoms with E-state index >= 15 is 0 Å². The number of rotatable bonds is 10. The van der Waals surface area contributed by atoms with Crippen LogP contribution in [0.1, 0.15) is 64.7 Å². The van der Waals surface area contributed by atoms with Crippen LogP contribution in [0.15, 0.2) is 17.9 Å². The molecule has 0 N–H and O–H groups in total. The largest absolute Gasteiger partial charge is 0.298 e. The third-order valence-electron chi connectivity index (χ3n) is 2.67. The average Bonchev–Trinajstić information content (AvgIpc) is 2.27. The molecule has 0 rings (SSSR count). The molecule has 0 aliphatic heterocycles. The highest BCUT2D eigenvalue weighted by Crippen LogP contribution is 2.11. The standard InChI is InChI=1S/C14H24O/c1-3-5-6-7-8-9-10-11-12-14(4-2)13-15/h13H,2-3,5-12H2,1H3. The number of carbonyl (C=O) groups excluding carboxylic acids is 1. The van der Waals surface area contributed by atoms with E-state index in [1.165, 1.54) is 44.9 Å². The van der Waals surface area contributed by atoms with Crippen molar-refractivity contribution < 1.29 is 4.79 Å². The predicted molar refractivity (Wildman–Crippen MR) is 65.9 cm³/mol. The minimum Gasteiger partial charge on any atom is -0.298 e. The van der Waals surface area contributed by atoms with E-state index in [0.717, 1.165) is 24.7 Å². The van der Waals surface area contributed by atoms with Crippen LogP contribution in [0.2, 0.25) is 0 Å².